The Balaban J connectivity index is 2.84. The van der Waals surface area contributed by atoms with E-state index in [1.807, 2.05) is 25.1 Å². The first-order chi connectivity index (χ1) is 9.77. The summed E-state index contributed by atoms with van der Waals surface area (Å²) < 4.78 is 0. The summed E-state index contributed by atoms with van der Waals surface area (Å²) >= 11 is 0. The van der Waals surface area contributed by atoms with Crippen molar-refractivity contribution in [2.75, 3.05) is 13.1 Å². The lowest BCUT2D eigenvalue weighted by Crippen LogP contribution is -2.34. The van der Waals surface area contributed by atoms with Crippen LogP contribution in [0, 0.1) is 30.1 Å². The summed E-state index contributed by atoms with van der Waals surface area (Å²) in [5.41, 5.74) is 8.01. The zero-order valence-corrected chi connectivity index (χ0v) is 13.7. The first kappa shape index (κ1) is 17.3. The van der Waals surface area contributed by atoms with Crippen molar-refractivity contribution in [1.29, 1.82) is 0 Å². The van der Waals surface area contributed by atoms with Gasteiger partial charge < -0.3 is 11.1 Å². The molecule has 0 aliphatic heterocycles. The minimum Gasteiger partial charge on any atom is -0.352 e. The molecule has 21 heavy (non-hydrogen) atoms. The molecule has 1 atom stereocenters. The number of carbonyl (C=O) groups is 1. The van der Waals surface area contributed by atoms with Gasteiger partial charge in [-0.1, -0.05) is 45.6 Å². The fourth-order valence-corrected chi connectivity index (χ4v) is 1.81. The van der Waals surface area contributed by atoms with E-state index in [9.17, 15) is 4.79 Å². The fraction of sp³-hybridized carbons (Fsp3) is 0.500. The van der Waals surface area contributed by atoms with E-state index >= 15 is 0 Å². The minimum atomic E-state index is -0.0417. The molecule has 1 amide bonds. The quantitative estimate of drug-likeness (QED) is 0.839. The van der Waals surface area contributed by atoms with Crippen LogP contribution in [0.5, 0.6) is 0 Å². The van der Waals surface area contributed by atoms with Gasteiger partial charge in [-0.2, -0.15) is 0 Å². The number of carbonyl (C=O) groups excluding carboxylic acids is 1. The van der Waals surface area contributed by atoms with Crippen LogP contribution in [0.1, 0.15) is 49.2 Å². The molecule has 1 aromatic carbocycles. The molecule has 0 saturated carbocycles. The number of amides is 1. The van der Waals surface area contributed by atoms with E-state index in [2.05, 4.69) is 44.9 Å². The number of nitrogens with one attached hydrogen (secondary N) is 1. The van der Waals surface area contributed by atoms with Crippen LogP contribution in [-0.4, -0.2) is 19.0 Å². The van der Waals surface area contributed by atoms with Crippen molar-refractivity contribution in [3.8, 4) is 11.8 Å². The van der Waals surface area contributed by atoms with Gasteiger partial charge in [-0.3, -0.25) is 4.79 Å². The van der Waals surface area contributed by atoms with Gasteiger partial charge in [0.05, 0.1) is 6.54 Å². The second kappa shape index (κ2) is 7.28. The molecule has 0 bridgehead atoms. The average molecular weight is 286 g/mol. The second-order valence-corrected chi connectivity index (χ2v) is 6.46. The molecule has 0 aromatic heterocycles. The third-order valence-corrected chi connectivity index (χ3v) is 3.95. The van der Waals surface area contributed by atoms with Gasteiger partial charge in [0.15, 0.2) is 0 Å². The van der Waals surface area contributed by atoms with Crippen molar-refractivity contribution < 1.29 is 4.79 Å². The molecule has 0 saturated heterocycles. The number of hydrogen-bond acceptors (Lipinski definition) is 2. The zero-order chi connectivity index (χ0) is 16.0. The molecule has 0 heterocycles. The first-order valence-corrected chi connectivity index (χ1v) is 7.34. The van der Waals surface area contributed by atoms with Crippen LogP contribution in [0.4, 0.5) is 0 Å². The highest BCUT2D eigenvalue weighted by Crippen LogP contribution is 2.24. The number of nitrogens with two attached hydrogens (primary N) is 1. The lowest BCUT2D eigenvalue weighted by molar-refractivity contribution is 0.0936. The molecule has 0 aliphatic rings. The topological polar surface area (TPSA) is 55.1 Å². The van der Waals surface area contributed by atoms with E-state index in [0.29, 0.717) is 24.6 Å². The Labute approximate surface area is 128 Å². The summed E-state index contributed by atoms with van der Waals surface area (Å²) in [4.78, 5) is 12.3. The molecule has 0 radical (unpaired) electrons. The molecule has 1 unspecified atom stereocenters. The Morgan fingerprint density at radius 1 is 1.38 bits per heavy atom. The number of rotatable bonds is 3. The monoisotopic (exact) mass is 286 g/mol. The standard InChI is InChI=1S/C18H26N2O/c1-13(18(3,4)5)12-20-17(21)16-10-6-8-15(14(16)2)9-7-11-19/h6,8,10,13H,11-12,19H2,1-5H3,(H,20,21). The van der Waals surface area contributed by atoms with Crippen LogP contribution < -0.4 is 11.1 Å². The van der Waals surface area contributed by atoms with E-state index in [4.69, 9.17) is 5.73 Å². The van der Waals surface area contributed by atoms with Crippen LogP contribution in [-0.2, 0) is 0 Å². The lowest BCUT2D eigenvalue weighted by atomic mass is 9.82. The predicted molar refractivity (Wildman–Crippen MR) is 88.1 cm³/mol. The first-order valence-electron chi connectivity index (χ1n) is 7.34. The Bertz CT molecular complexity index is 559. The number of hydrogen-bond donors (Lipinski definition) is 2. The summed E-state index contributed by atoms with van der Waals surface area (Å²) in [6.07, 6.45) is 0. The maximum atomic E-state index is 12.3. The molecule has 0 aliphatic carbocycles. The van der Waals surface area contributed by atoms with Crippen molar-refractivity contribution in [2.45, 2.75) is 34.6 Å². The van der Waals surface area contributed by atoms with Gasteiger partial charge in [0.1, 0.15) is 0 Å². The van der Waals surface area contributed by atoms with Crippen molar-refractivity contribution >= 4 is 5.91 Å². The molecule has 0 spiro atoms. The Morgan fingerprint density at radius 2 is 2.05 bits per heavy atom. The van der Waals surface area contributed by atoms with E-state index in [0.717, 1.165) is 11.1 Å². The van der Waals surface area contributed by atoms with E-state index < -0.39 is 0 Å². The van der Waals surface area contributed by atoms with Gasteiger partial charge in [0, 0.05) is 17.7 Å². The summed E-state index contributed by atoms with van der Waals surface area (Å²) in [5, 5.41) is 3.02. The van der Waals surface area contributed by atoms with E-state index in [1.165, 1.54) is 0 Å². The maximum absolute atomic E-state index is 12.3. The molecule has 0 fully saturated rings. The van der Waals surface area contributed by atoms with Crippen LogP contribution in [0.2, 0.25) is 0 Å². The van der Waals surface area contributed by atoms with Crippen LogP contribution in [0.25, 0.3) is 0 Å². The number of benzene rings is 1. The molecule has 3 N–H and O–H groups in total. The zero-order valence-electron chi connectivity index (χ0n) is 13.7. The minimum absolute atomic E-state index is 0.0417. The third kappa shape index (κ3) is 4.91. The van der Waals surface area contributed by atoms with E-state index in [-0.39, 0.29) is 11.3 Å². The van der Waals surface area contributed by atoms with Crippen molar-refractivity contribution in [2.24, 2.45) is 17.1 Å². The summed E-state index contributed by atoms with van der Waals surface area (Å²) in [6.45, 7) is 11.6. The van der Waals surface area contributed by atoms with Crippen molar-refractivity contribution in [3.63, 3.8) is 0 Å². The largest absolute Gasteiger partial charge is 0.352 e. The predicted octanol–water partition coefficient (Wildman–Crippen LogP) is 2.72. The van der Waals surface area contributed by atoms with E-state index in [1.54, 1.807) is 0 Å². The van der Waals surface area contributed by atoms with Gasteiger partial charge in [-0.25, -0.2) is 0 Å². The van der Waals surface area contributed by atoms with Crippen LogP contribution in [0.3, 0.4) is 0 Å². The van der Waals surface area contributed by atoms with Gasteiger partial charge in [0.25, 0.3) is 5.91 Å². The highest BCUT2D eigenvalue weighted by Gasteiger charge is 2.21. The molecule has 1 aromatic rings. The third-order valence-electron chi connectivity index (χ3n) is 3.95. The van der Waals surface area contributed by atoms with Crippen LogP contribution in [0.15, 0.2) is 18.2 Å². The van der Waals surface area contributed by atoms with Crippen molar-refractivity contribution in [3.05, 3.63) is 34.9 Å². The summed E-state index contributed by atoms with van der Waals surface area (Å²) in [7, 11) is 0. The molecular weight excluding hydrogens is 260 g/mol. The van der Waals surface area contributed by atoms with Gasteiger partial charge in [0.2, 0.25) is 0 Å². The van der Waals surface area contributed by atoms with Gasteiger partial charge in [-0.15, -0.1) is 0 Å². The highest BCUT2D eigenvalue weighted by atomic mass is 16.1. The molecule has 1 rings (SSSR count). The lowest BCUT2D eigenvalue weighted by Gasteiger charge is -2.27. The smallest absolute Gasteiger partial charge is 0.251 e. The van der Waals surface area contributed by atoms with Crippen molar-refractivity contribution in [1.82, 2.24) is 5.32 Å². The Morgan fingerprint density at radius 3 is 2.62 bits per heavy atom. The average Bonchev–Trinajstić information content (AvgIpc) is 2.42. The second-order valence-electron chi connectivity index (χ2n) is 6.46. The SMILES string of the molecule is Cc1c(C#CCN)cccc1C(=O)NCC(C)C(C)(C)C. The van der Waals surface area contributed by atoms with Gasteiger partial charge >= 0.3 is 0 Å². The molecule has 3 heteroatoms. The molecule has 3 nitrogen and oxygen atoms in total. The molecular formula is C18H26N2O. The Kier molecular flexibility index (Phi) is 5.99. The van der Waals surface area contributed by atoms with Crippen LogP contribution >= 0.6 is 0 Å². The fourth-order valence-electron chi connectivity index (χ4n) is 1.81. The normalized spacial score (nSPS) is 12.3. The summed E-state index contributed by atoms with van der Waals surface area (Å²) in [6, 6.07) is 5.60. The summed E-state index contributed by atoms with van der Waals surface area (Å²) in [5.74, 6) is 6.19. The Hall–Kier alpha value is -1.79. The highest BCUT2D eigenvalue weighted by molar-refractivity contribution is 5.96. The maximum Gasteiger partial charge on any atom is 0.251 e. The molecule has 114 valence electrons. The van der Waals surface area contributed by atoms with Gasteiger partial charge in [-0.05, 0) is 36.0 Å².